The zero-order chi connectivity index (χ0) is 17.4. The molecule has 122 valence electrons. The first-order valence-corrected chi connectivity index (χ1v) is 8.50. The Morgan fingerprint density at radius 3 is 2.43 bits per heavy atom. The van der Waals surface area contributed by atoms with Crippen LogP contribution in [0.4, 0.5) is 10.1 Å². The van der Waals surface area contributed by atoms with Gasteiger partial charge in [0.1, 0.15) is 10.7 Å². The van der Waals surface area contributed by atoms with Gasteiger partial charge in [-0.25, -0.2) is 17.9 Å². The van der Waals surface area contributed by atoms with Crippen LogP contribution in [0.1, 0.15) is 15.9 Å². The van der Waals surface area contributed by atoms with Crippen LogP contribution in [0.2, 0.25) is 10.0 Å². The van der Waals surface area contributed by atoms with Crippen LogP contribution in [0.25, 0.3) is 0 Å². The van der Waals surface area contributed by atoms with Gasteiger partial charge in [0.15, 0.2) is 0 Å². The lowest BCUT2D eigenvalue weighted by Gasteiger charge is -2.11. The number of benzene rings is 2. The fourth-order valence-electron chi connectivity index (χ4n) is 1.88. The van der Waals surface area contributed by atoms with E-state index in [1.54, 1.807) is 0 Å². The molecule has 0 aliphatic heterocycles. The van der Waals surface area contributed by atoms with Gasteiger partial charge >= 0.3 is 0 Å². The third kappa shape index (κ3) is 3.81. The molecule has 0 spiro atoms. The second-order valence-electron chi connectivity index (χ2n) is 4.70. The number of anilines is 1. The van der Waals surface area contributed by atoms with E-state index in [-0.39, 0.29) is 15.6 Å². The monoisotopic (exact) mass is 376 g/mol. The Labute approximate surface area is 142 Å². The smallest absolute Gasteiger partial charge is 0.258 e. The van der Waals surface area contributed by atoms with Crippen LogP contribution in [-0.2, 0) is 10.0 Å². The Kier molecular flexibility index (Phi) is 4.95. The molecule has 1 amide bonds. The summed E-state index contributed by atoms with van der Waals surface area (Å²) in [4.78, 5) is 11.9. The molecule has 0 aliphatic carbocycles. The van der Waals surface area contributed by atoms with Gasteiger partial charge in [-0.2, -0.15) is 0 Å². The number of sulfonamides is 1. The van der Waals surface area contributed by atoms with Crippen molar-refractivity contribution in [2.24, 2.45) is 5.14 Å². The highest BCUT2D eigenvalue weighted by atomic mass is 35.5. The number of hydrogen-bond acceptors (Lipinski definition) is 3. The summed E-state index contributed by atoms with van der Waals surface area (Å²) in [7, 11) is -4.11. The first-order valence-electron chi connectivity index (χ1n) is 6.19. The van der Waals surface area contributed by atoms with Crippen molar-refractivity contribution in [3.8, 4) is 0 Å². The van der Waals surface area contributed by atoms with Crippen LogP contribution < -0.4 is 10.5 Å². The minimum atomic E-state index is -4.11. The van der Waals surface area contributed by atoms with E-state index in [0.29, 0.717) is 11.3 Å². The molecule has 2 aromatic carbocycles. The van der Waals surface area contributed by atoms with Crippen LogP contribution >= 0.6 is 23.2 Å². The van der Waals surface area contributed by atoms with Gasteiger partial charge in [0, 0.05) is 5.69 Å². The van der Waals surface area contributed by atoms with E-state index < -0.39 is 26.6 Å². The zero-order valence-corrected chi connectivity index (χ0v) is 14.1. The van der Waals surface area contributed by atoms with Crippen LogP contribution in [0.15, 0.2) is 35.2 Å². The van der Waals surface area contributed by atoms with Gasteiger partial charge < -0.3 is 5.32 Å². The van der Waals surface area contributed by atoms with Gasteiger partial charge in [-0.1, -0.05) is 23.2 Å². The Morgan fingerprint density at radius 2 is 1.87 bits per heavy atom. The summed E-state index contributed by atoms with van der Waals surface area (Å²) in [5.41, 5.74) is 0.405. The molecule has 2 aromatic rings. The molecule has 5 nitrogen and oxygen atoms in total. The molecule has 0 aliphatic rings. The molecule has 0 radical (unpaired) electrons. The minimum absolute atomic E-state index is 0.0428. The van der Waals surface area contributed by atoms with E-state index in [1.165, 1.54) is 31.2 Å². The third-order valence-corrected chi connectivity index (χ3v) is 4.78. The quantitative estimate of drug-likeness (QED) is 0.860. The molecule has 9 heteroatoms. The van der Waals surface area contributed by atoms with Crippen LogP contribution in [-0.4, -0.2) is 14.3 Å². The van der Waals surface area contributed by atoms with Gasteiger partial charge in [0.2, 0.25) is 10.0 Å². The number of halogens is 3. The summed E-state index contributed by atoms with van der Waals surface area (Å²) in [6.07, 6.45) is 0. The number of aryl methyl sites for hydroxylation is 1. The van der Waals surface area contributed by atoms with E-state index in [2.05, 4.69) is 5.32 Å². The zero-order valence-electron chi connectivity index (χ0n) is 11.7. The highest BCUT2D eigenvalue weighted by Gasteiger charge is 2.23. The minimum Gasteiger partial charge on any atom is -0.322 e. The normalized spacial score (nSPS) is 11.3. The molecule has 0 fully saturated rings. The summed E-state index contributed by atoms with van der Waals surface area (Å²) in [5.74, 6) is -1.16. The summed E-state index contributed by atoms with van der Waals surface area (Å²) < 4.78 is 36.2. The Balaban J connectivity index is 2.45. The molecule has 0 atom stereocenters. The largest absolute Gasteiger partial charge is 0.322 e. The third-order valence-electron chi connectivity index (χ3n) is 3.01. The molecule has 2 rings (SSSR count). The lowest BCUT2D eigenvalue weighted by atomic mass is 10.1. The molecule has 0 unspecified atom stereocenters. The fourth-order valence-corrected chi connectivity index (χ4v) is 3.35. The fraction of sp³-hybridized carbons (Fsp3) is 0.0714. The van der Waals surface area contributed by atoms with Crippen molar-refractivity contribution in [3.05, 3.63) is 57.3 Å². The first kappa shape index (κ1) is 17.7. The number of amides is 1. The number of primary sulfonamides is 1. The average molecular weight is 377 g/mol. The molecular weight excluding hydrogens is 366 g/mol. The Hall–Kier alpha value is -1.67. The predicted molar refractivity (Wildman–Crippen MR) is 86.9 cm³/mol. The van der Waals surface area contributed by atoms with Crippen molar-refractivity contribution in [2.45, 2.75) is 11.8 Å². The number of rotatable bonds is 3. The lowest BCUT2D eigenvalue weighted by Crippen LogP contribution is -2.17. The van der Waals surface area contributed by atoms with Gasteiger partial charge in [0.25, 0.3) is 5.91 Å². The summed E-state index contributed by atoms with van der Waals surface area (Å²) in [6, 6.07) is 6.27. The summed E-state index contributed by atoms with van der Waals surface area (Å²) in [6.45, 7) is 1.53. The first-order chi connectivity index (χ1) is 10.6. The maximum Gasteiger partial charge on any atom is 0.258 e. The van der Waals surface area contributed by atoms with Crippen molar-refractivity contribution < 1.29 is 17.6 Å². The second kappa shape index (κ2) is 6.45. The average Bonchev–Trinajstić information content (AvgIpc) is 2.41. The predicted octanol–water partition coefficient (Wildman–Crippen LogP) is 3.34. The number of nitrogens with two attached hydrogens (primary N) is 1. The molecule has 0 heterocycles. The molecular formula is C14H11Cl2FN2O3S. The van der Waals surface area contributed by atoms with Gasteiger partial charge in [0.05, 0.1) is 15.6 Å². The van der Waals surface area contributed by atoms with E-state index >= 15 is 0 Å². The van der Waals surface area contributed by atoms with Crippen molar-refractivity contribution in [3.63, 3.8) is 0 Å². The van der Waals surface area contributed by atoms with E-state index in [9.17, 15) is 17.6 Å². The maximum atomic E-state index is 13.2. The number of carbonyl (C=O) groups is 1. The van der Waals surface area contributed by atoms with Crippen molar-refractivity contribution in [2.75, 3.05) is 5.32 Å². The van der Waals surface area contributed by atoms with E-state index in [0.717, 1.165) is 6.07 Å². The molecule has 23 heavy (non-hydrogen) atoms. The molecule has 0 saturated carbocycles. The van der Waals surface area contributed by atoms with Crippen molar-refractivity contribution >= 4 is 44.8 Å². The van der Waals surface area contributed by atoms with Crippen LogP contribution in [0, 0.1) is 12.7 Å². The number of hydrogen-bond donors (Lipinski definition) is 2. The lowest BCUT2D eigenvalue weighted by molar-refractivity contribution is 0.102. The summed E-state index contributed by atoms with van der Waals surface area (Å²) in [5, 5.41) is 7.09. The van der Waals surface area contributed by atoms with E-state index in [4.69, 9.17) is 28.3 Å². The van der Waals surface area contributed by atoms with Gasteiger partial charge in [-0.15, -0.1) is 0 Å². The molecule has 0 aromatic heterocycles. The second-order valence-corrected chi connectivity index (χ2v) is 7.01. The molecule has 0 bridgehead atoms. The maximum absolute atomic E-state index is 13.2. The highest BCUT2D eigenvalue weighted by Crippen LogP contribution is 2.31. The number of nitrogens with one attached hydrogen (secondary N) is 1. The Morgan fingerprint density at radius 1 is 1.22 bits per heavy atom. The standard InChI is InChI=1S/C14H11Cl2FN2O3S/c1-7-6-8(2-4-10(7)17)19-14(20)12-9(15)3-5-11(13(12)16)23(18,21)22/h2-6H,1H3,(H,19,20)(H2,18,21,22). The van der Waals surface area contributed by atoms with Gasteiger partial charge in [-0.3, -0.25) is 4.79 Å². The van der Waals surface area contributed by atoms with E-state index in [1.807, 2.05) is 0 Å². The Bertz CT molecular complexity index is 901. The van der Waals surface area contributed by atoms with Crippen LogP contribution in [0.5, 0.6) is 0 Å². The summed E-state index contributed by atoms with van der Waals surface area (Å²) >= 11 is 11.9. The topological polar surface area (TPSA) is 89.3 Å². The van der Waals surface area contributed by atoms with Crippen molar-refractivity contribution in [1.29, 1.82) is 0 Å². The van der Waals surface area contributed by atoms with Gasteiger partial charge in [-0.05, 0) is 42.8 Å². The molecule has 3 N–H and O–H groups in total. The SMILES string of the molecule is Cc1cc(NC(=O)c2c(Cl)ccc(S(N)(=O)=O)c2Cl)ccc1F. The molecule has 0 saturated heterocycles. The number of carbonyl (C=O) groups excluding carboxylic acids is 1. The highest BCUT2D eigenvalue weighted by molar-refractivity contribution is 7.89. The van der Waals surface area contributed by atoms with Crippen molar-refractivity contribution in [1.82, 2.24) is 0 Å². The van der Waals surface area contributed by atoms with Crippen LogP contribution in [0.3, 0.4) is 0 Å².